The van der Waals surface area contributed by atoms with E-state index < -0.39 is 99.3 Å². The summed E-state index contributed by atoms with van der Waals surface area (Å²) in [7, 11) is 2.98. The lowest BCUT2D eigenvalue weighted by atomic mass is 9.99. The number of Topliss-reactive ketones (excluding diaryl/α,β-unsaturated/α-hetero) is 1. The van der Waals surface area contributed by atoms with Gasteiger partial charge in [0.2, 0.25) is 29.5 Å². The Hall–Kier alpha value is -5.46. The molecule has 0 fully saturated rings. The zero-order valence-corrected chi connectivity index (χ0v) is 30.5. The third-order valence-electron chi connectivity index (χ3n) is 8.05. The van der Waals surface area contributed by atoms with Crippen molar-refractivity contribution in [3.05, 3.63) is 49.0 Å². The lowest BCUT2D eigenvalue weighted by Crippen LogP contribution is -2.61. The number of non-ortho nitro benzene ring substituents is 1. The largest absolute Gasteiger partial charge is 0.391 e. The first-order chi connectivity index (χ1) is 24.2. The number of aliphatic hydroxyl groups is 1. The zero-order chi connectivity index (χ0) is 39.6. The van der Waals surface area contributed by atoms with Gasteiger partial charge in [0, 0.05) is 33.5 Å². The highest BCUT2D eigenvalue weighted by Crippen LogP contribution is 2.19. The maximum Gasteiger partial charge on any atom is 0.283 e. The maximum atomic E-state index is 13.7. The number of hydrogen-bond acceptors (Lipinski definition) is 11. The van der Waals surface area contributed by atoms with Gasteiger partial charge in [0.05, 0.1) is 22.5 Å². The lowest BCUT2D eigenvalue weighted by molar-refractivity contribution is -0.383. The molecule has 2 rings (SSSR count). The fourth-order valence-electron chi connectivity index (χ4n) is 5.31. The minimum atomic E-state index is -1.55. The molecule has 0 saturated carbocycles. The number of H-pyrrole nitrogens is 1. The Morgan fingerprint density at radius 1 is 0.904 bits per heavy atom. The van der Waals surface area contributed by atoms with E-state index in [9.17, 15) is 53.6 Å². The van der Waals surface area contributed by atoms with Gasteiger partial charge in [-0.2, -0.15) is 0 Å². The number of nitro groups is 1. The van der Waals surface area contributed by atoms with E-state index in [1.54, 1.807) is 27.7 Å². The van der Waals surface area contributed by atoms with Crippen LogP contribution in [0.2, 0.25) is 0 Å². The number of ketones is 1. The number of hydrogen-bond donors (Lipinski definition) is 6. The average Bonchev–Trinajstić information content (AvgIpc) is 3.04. The van der Waals surface area contributed by atoms with Crippen LogP contribution >= 0.6 is 0 Å². The van der Waals surface area contributed by atoms with Crippen molar-refractivity contribution >= 4 is 51.8 Å². The second-order valence-corrected chi connectivity index (χ2v) is 13.5. The Bertz CT molecular complexity index is 1800. The van der Waals surface area contributed by atoms with Crippen molar-refractivity contribution in [2.45, 2.75) is 97.6 Å². The summed E-state index contributed by atoms with van der Waals surface area (Å²) < 4.78 is 0.651. The number of benzene rings is 1. The molecule has 0 bridgehead atoms. The van der Waals surface area contributed by atoms with E-state index in [1.165, 1.54) is 45.0 Å². The minimum absolute atomic E-state index is 0.0341. The molecular formula is C33H48N8O11. The Kier molecular flexibility index (Phi) is 15.3. The molecule has 6 N–H and O–H groups in total. The van der Waals surface area contributed by atoms with E-state index >= 15 is 0 Å². The number of aromatic nitrogens is 2. The maximum absolute atomic E-state index is 13.7. The number of nitro benzene ring substituents is 1. The molecule has 0 spiro atoms. The predicted molar refractivity (Wildman–Crippen MR) is 188 cm³/mol. The molecular weight excluding hydrogens is 684 g/mol. The van der Waals surface area contributed by atoms with E-state index in [0.717, 1.165) is 6.07 Å². The highest BCUT2D eigenvalue weighted by Gasteiger charge is 2.34. The fourth-order valence-corrected chi connectivity index (χ4v) is 5.31. The summed E-state index contributed by atoms with van der Waals surface area (Å²) >= 11 is 0. The molecule has 0 aliphatic heterocycles. The number of aliphatic hydroxyl groups excluding tert-OH is 1. The molecule has 0 unspecified atom stereocenters. The van der Waals surface area contributed by atoms with Crippen molar-refractivity contribution in [1.82, 2.24) is 35.9 Å². The number of carbonyl (C=O) groups is 6. The Morgan fingerprint density at radius 3 is 2.02 bits per heavy atom. The normalized spacial score (nSPS) is 14.1. The third-order valence-corrected chi connectivity index (χ3v) is 8.05. The molecule has 19 heteroatoms. The molecule has 1 aromatic heterocycles. The molecule has 0 aliphatic rings. The van der Waals surface area contributed by atoms with E-state index in [-0.39, 0.29) is 36.5 Å². The second-order valence-electron chi connectivity index (χ2n) is 13.5. The number of carbonyl (C=O) groups excluding carboxylic acids is 6. The quantitative estimate of drug-likeness (QED) is 0.0806. The summed E-state index contributed by atoms with van der Waals surface area (Å²) in [6.07, 6.45) is -1.87. The van der Waals surface area contributed by atoms with Gasteiger partial charge in [0.1, 0.15) is 30.1 Å². The van der Waals surface area contributed by atoms with E-state index in [4.69, 9.17) is 0 Å². The van der Waals surface area contributed by atoms with E-state index in [1.807, 2.05) is 0 Å². The van der Waals surface area contributed by atoms with Crippen LogP contribution in [-0.4, -0.2) is 104 Å². The SMILES string of the molecule is CC(=O)N[C@H](C(=O)N[C@H](C(=O)N[C@@H](CC(C)C)C(=O)N[C@@H](CCC(=O)N(C)C)C(=O)Cn1[nH]c(=O)c2c([N+](=O)[O-])cccc2c1=O)[C@@H](C)O)C(C)C. The first-order valence-electron chi connectivity index (χ1n) is 16.7. The number of fused-ring (bicyclic) bond motifs is 1. The molecule has 286 valence electrons. The highest BCUT2D eigenvalue weighted by atomic mass is 16.6. The topological polar surface area (TPSA) is 272 Å². The van der Waals surface area contributed by atoms with Crippen LogP contribution in [0.4, 0.5) is 5.69 Å². The van der Waals surface area contributed by atoms with Crippen LogP contribution in [0.1, 0.15) is 60.8 Å². The number of aromatic amines is 1. The van der Waals surface area contributed by atoms with Crippen molar-refractivity contribution in [3.63, 3.8) is 0 Å². The Morgan fingerprint density at radius 2 is 1.50 bits per heavy atom. The second kappa shape index (κ2) is 18.7. The summed E-state index contributed by atoms with van der Waals surface area (Å²) in [5, 5.41) is 33.2. The molecule has 52 heavy (non-hydrogen) atoms. The molecule has 19 nitrogen and oxygen atoms in total. The smallest absolute Gasteiger partial charge is 0.283 e. The van der Waals surface area contributed by atoms with E-state index in [0.29, 0.717) is 4.68 Å². The Labute approximate surface area is 299 Å². The van der Waals surface area contributed by atoms with Crippen LogP contribution in [0.3, 0.4) is 0 Å². The third kappa shape index (κ3) is 11.5. The van der Waals surface area contributed by atoms with Gasteiger partial charge in [-0.3, -0.25) is 53.6 Å². The summed E-state index contributed by atoms with van der Waals surface area (Å²) in [6.45, 7) is 8.53. The lowest BCUT2D eigenvalue weighted by Gasteiger charge is -2.29. The average molecular weight is 733 g/mol. The van der Waals surface area contributed by atoms with Crippen LogP contribution in [-0.2, 0) is 35.3 Å². The zero-order valence-electron chi connectivity index (χ0n) is 30.5. The van der Waals surface area contributed by atoms with Gasteiger partial charge in [-0.1, -0.05) is 33.8 Å². The summed E-state index contributed by atoms with van der Waals surface area (Å²) in [5.74, 6) is -4.81. The standard InChI is InChI=1S/C33H48N8O11/c1-16(2)14-22(36-32(49)28(18(5)42)37-31(48)27(17(3)4)34-19(6)43)29(46)35-21(12-13-25(45)39(7)8)24(44)15-40-33(50)20-10-9-11-23(41(51)52)26(20)30(47)38-40/h9-11,16-18,21-22,27-28,42H,12-15H2,1-8H3,(H,34,43)(H,35,46)(H,36,49)(H,37,48)(H,38,47)/t18-,21+,22+,27+,28+/m1/s1. The molecule has 5 amide bonds. The van der Waals surface area contributed by atoms with Crippen molar-refractivity contribution in [2.24, 2.45) is 11.8 Å². The fraction of sp³-hybridized carbons (Fsp3) is 0.576. The van der Waals surface area contributed by atoms with Crippen LogP contribution in [0, 0.1) is 22.0 Å². The molecule has 1 heterocycles. The predicted octanol–water partition coefficient (Wildman–Crippen LogP) is -0.922. The van der Waals surface area contributed by atoms with Crippen molar-refractivity contribution in [1.29, 1.82) is 0 Å². The summed E-state index contributed by atoms with van der Waals surface area (Å²) in [4.78, 5) is 116. The number of nitrogens with one attached hydrogen (secondary N) is 5. The molecule has 2 aromatic rings. The first kappa shape index (κ1) is 42.7. The Balaban J connectivity index is 2.42. The monoisotopic (exact) mass is 732 g/mol. The van der Waals surface area contributed by atoms with Gasteiger partial charge in [-0.05, 0) is 37.7 Å². The van der Waals surface area contributed by atoms with Crippen LogP contribution in [0.25, 0.3) is 10.8 Å². The van der Waals surface area contributed by atoms with Gasteiger partial charge >= 0.3 is 0 Å². The van der Waals surface area contributed by atoms with Crippen LogP contribution in [0.15, 0.2) is 27.8 Å². The summed E-state index contributed by atoms with van der Waals surface area (Å²) in [6, 6.07) is -1.85. The van der Waals surface area contributed by atoms with Crippen LogP contribution < -0.4 is 32.4 Å². The van der Waals surface area contributed by atoms with Gasteiger partial charge in [-0.25, -0.2) is 4.68 Å². The summed E-state index contributed by atoms with van der Waals surface area (Å²) in [5.41, 5.74) is -2.53. The van der Waals surface area contributed by atoms with Crippen molar-refractivity contribution in [3.8, 4) is 0 Å². The van der Waals surface area contributed by atoms with E-state index in [2.05, 4.69) is 26.4 Å². The molecule has 1 aromatic carbocycles. The van der Waals surface area contributed by atoms with Gasteiger partial charge in [0.25, 0.3) is 16.8 Å². The molecule has 0 radical (unpaired) electrons. The first-order valence-corrected chi connectivity index (χ1v) is 16.7. The van der Waals surface area contributed by atoms with Gasteiger partial charge in [0.15, 0.2) is 5.78 Å². The number of rotatable bonds is 18. The van der Waals surface area contributed by atoms with Crippen molar-refractivity contribution in [2.75, 3.05) is 14.1 Å². The molecule has 0 aliphatic carbocycles. The van der Waals surface area contributed by atoms with Gasteiger partial charge < -0.3 is 31.3 Å². The highest BCUT2D eigenvalue weighted by molar-refractivity contribution is 5.96. The van der Waals surface area contributed by atoms with Crippen LogP contribution in [0.5, 0.6) is 0 Å². The molecule has 0 saturated heterocycles. The molecule has 5 atom stereocenters. The van der Waals surface area contributed by atoms with Crippen molar-refractivity contribution < 1.29 is 38.8 Å². The minimum Gasteiger partial charge on any atom is -0.391 e. The van der Waals surface area contributed by atoms with Gasteiger partial charge in [-0.15, -0.1) is 0 Å². The number of nitrogens with zero attached hydrogens (tertiary/aromatic N) is 3. The number of amides is 5.